The fourth-order valence-electron chi connectivity index (χ4n) is 4.02. The molecule has 0 aliphatic carbocycles. The maximum Gasteiger partial charge on any atom is 0.255 e. The lowest BCUT2D eigenvalue weighted by Crippen LogP contribution is -2.23. The van der Waals surface area contributed by atoms with Gasteiger partial charge in [-0.3, -0.25) is 4.79 Å². The van der Waals surface area contributed by atoms with Crippen molar-refractivity contribution in [1.29, 1.82) is 0 Å². The van der Waals surface area contributed by atoms with E-state index in [9.17, 15) is 4.79 Å². The van der Waals surface area contributed by atoms with Gasteiger partial charge in [0.1, 0.15) is 11.6 Å². The molecule has 0 saturated carbocycles. The predicted molar refractivity (Wildman–Crippen MR) is 149 cm³/mol. The zero-order valence-corrected chi connectivity index (χ0v) is 22.3. The molecule has 1 amide bonds. The van der Waals surface area contributed by atoms with E-state index >= 15 is 0 Å². The molecule has 5 aromatic rings. The van der Waals surface area contributed by atoms with Gasteiger partial charge >= 0.3 is 0 Å². The summed E-state index contributed by atoms with van der Waals surface area (Å²) in [5.41, 5.74) is 4.82. The lowest BCUT2D eigenvalue weighted by molar-refractivity contribution is 0.0948. The van der Waals surface area contributed by atoms with E-state index in [1.54, 1.807) is 30.0 Å². The molecule has 2 heterocycles. The number of benzene rings is 3. The zero-order valence-electron chi connectivity index (χ0n) is 19.9. The van der Waals surface area contributed by atoms with Crippen LogP contribution in [0.3, 0.4) is 0 Å². The van der Waals surface area contributed by atoms with Crippen LogP contribution in [0.5, 0.6) is 5.75 Å². The first-order valence-electron chi connectivity index (χ1n) is 11.6. The zero-order chi connectivity index (χ0) is 25.8. The second-order valence-corrected chi connectivity index (χ2v) is 9.55. The van der Waals surface area contributed by atoms with Gasteiger partial charge in [-0.2, -0.15) is 9.61 Å². The number of hydrogen-bond donors (Lipinski definition) is 2. The number of fused-ring (bicyclic) bond motifs is 1. The highest BCUT2D eigenvalue weighted by atomic mass is 79.9. The molecule has 0 unspecified atom stereocenters. The summed E-state index contributed by atoms with van der Waals surface area (Å²) in [5.74, 6) is 1.14. The Labute approximate surface area is 227 Å². The SMILES string of the molecule is COc1ccccc1C(=O)NCc1cccc(CNc2cc(-c3ccccc3Cl)nc3c(Br)cnn23)c1. The molecule has 9 heteroatoms. The Morgan fingerprint density at radius 2 is 1.76 bits per heavy atom. The first-order chi connectivity index (χ1) is 18.0. The van der Waals surface area contributed by atoms with Gasteiger partial charge in [0.15, 0.2) is 5.65 Å². The molecule has 186 valence electrons. The van der Waals surface area contributed by atoms with E-state index in [2.05, 4.69) is 37.7 Å². The molecule has 0 saturated heterocycles. The molecule has 0 aliphatic heterocycles. The summed E-state index contributed by atoms with van der Waals surface area (Å²) >= 11 is 9.98. The van der Waals surface area contributed by atoms with Crippen molar-refractivity contribution in [2.24, 2.45) is 0 Å². The Kier molecular flexibility index (Phi) is 7.39. The fraction of sp³-hybridized carbons (Fsp3) is 0.107. The topological polar surface area (TPSA) is 80.5 Å². The van der Waals surface area contributed by atoms with Gasteiger partial charge < -0.3 is 15.4 Å². The Morgan fingerprint density at radius 3 is 2.57 bits per heavy atom. The van der Waals surface area contributed by atoms with Gasteiger partial charge in [0.2, 0.25) is 0 Å². The van der Waals surface area contributed by atoms with Crippen molar-refractivity contribution in [3.05, 3.63) is 111 Å². The molecular weight excluding hydrogens is 554 g/mol. The molecule has 0 fully saturated rings. The van der Waals surface area contributed by atoms with Crippen molar-refractivity contribution >= 4 is 44.9 Å². The van der Waals surface area contributed by atoms with Crippen LogP contribution in [-0.4, -0.2) is 27.6 Å². The molecule has 3 aromatic carbocycles. The summed E-state index contributed by atoms with van der Waals surface area (Å²) in [6.07, 6.45) is 1.72. The highest BCUT2D eigenvalue weighted by Gasteiger charge is 2.14. The molecule has 2 aromatic heterocycles. The number of carbonyl (C=O) groups is 1. The van der Waals surface area contributed by atoms with Crippen LogP contribution in [0.1, 0.15) is 21.5 Å². The molecule has 5 rings (SSSR count). The van der Waals surface area contributed by atoms with Crippen molar-refractivity contribution in [1.82, 2.24) is 19.9 Å². The van der Waals surface area contributed by atoms with Gasteiger partial charge in [0, 0.05) is 29.7 Å². The number of ether oxygens (including phenoxy) is 1. The molecule has 0 spiro atoms. The van der Waals surface area contributed by atoms with Gasteiger partial charge in [0.25, 0.3) is 5.91 Å². The molecule has 0 atom stereocenters. The minimum absolute atomic E-state index is 0.184. The molecule has 2 N–H and O–H groups in total. The molecule has 0 radical (unpaired) electrons. The van der Waals surface area contributed by atoms with E-state index in [0.717, 1.165) is 32.7 Å². The van der Waals surface area contributed by atoms with Crippen LogP contribution < -0.4 is 15.4 Å². The van der Waals surface area contributed by atoms with Crippen molar-refractivity contribution in [2.45, 2.75) is 13.1 Å². The van der Waals surface area contributed by atoms with E-state index in [1.165, 1.54) is 0 Å². The quantitative estimate of drug-likeness (QED) is 0.225. The number of halogens is 2. The van der Waals surface area contributed by atoms with Gasteiger partial charge in [-0.05, 0) is 45.3 Å². The van der Waals surface area contributed by atoms with Crippen molar-refractivity contribution in [2.75, 3.05) is 12.4 Å². The van der Waals surface area contributed by atoms with Crippen LogP contribution in [0.15, 0.2) is 89.5 Å². The highest BCUT2D eigenvalue weighted by Crippen LogP contribution is 2.30. The summed E-state index contributed by atoms with van der Waals surface area (Å²) < 4.78 is 7.84. The number of methoxy groups -OCH3 is 1. The Balaban J connectivity index is 1.33. The number of anilines is 1. The Morgan fingerprint density at radius 1 is 1.00 bits per heavy atom. The lowest BCUT2D eigenvalue weighted by atomic mass is 10.1. The molecule has 0 aliphatic rings. The molecule has 37 heavy (non-hydrogen) atoms. The minimum Gasteiger partial charge on any atom is -0.496 e. The fourth-order valence-corrected chi connectivity index (χ4v) is 4.60. The van der Waals surface area contributed by atoms with E-state index < -0.39 is 0 Å². The number of carbonyl (C=O) groups excluding carboxylic acids is 1. The monoisotopic (exact) mass is 575 g/mol. The number of nitrogens with zero attached hydrogens (tertiary/aromatic N) is 3. The second-order valence-electron chi connectivity index (χ2n) is 8.29. The number of rotatable bonds is 8. The second kappa shape index (κ2) is 11.0. The van der Waals surface area contributed by atoms with E-state index in [1.807, 2.05) is 60.7 Å². The number of amides is 1. The summed E-state index contributed by atoms with van der Waals surface area (Å²) in [5, 5.41) is 11.5. The Hall–Kier alpha value is -3.88. The van der Waals surface area contributed by atoms with Crippen LogP contribution in [0, 0.1) is 0 Å². The summed E-state index contributed by atoms with van der Waals surface area (Å²) in [4.78, 5) is 17.4. The number of hydrogen-bond acceptors (Lipinski definition) is 5. The summed E-state index contributed by atoms with van der Waals surface area (Å²) in [6.45, 7) is 0.944. The first-order valence-corrected chi connectivity index (χ1v) is 12.7. The molecule has 0 bridgehead atoms. The van der Waals surface area contributed by atoms with E-state index in [-0.39, 0.29) is 5.91 Å². The van der Waals surface area contributed by atoms with E-state index in [4.69, 9.17) is 21.3 Å². The van der Waals surface area contributed by atoms with Gasteiger partial charge in [-0.25, -0.2) is 4.98 Å². The third kappa shape index (κ3) is 5.45. The minimum atomic E-state index is -0.184. The van der Waals surface area contributed by atoms with Gasteiger partial charge in [-0.1, -0.05) is 66.2 Å². The van der Waals surface area contributed by atoms with Crippen LogP contribution in [-0.2, 0) is 13.1 Å². The number of aromatic nitrogens is 3. The average Bonchev–Trinajstić information content (AvgIpc) is 3.31. The smallest absolute Gasteiger partial charge is 0.255 e. The van der Waals surface area contributed by atoms with Crippen molar-refractivity contribution in [3.63, 3.8) is 0 Å². The number of nitrogens with one attached hydrogen (secondary N) is 2. The predicted octanol–water partition coefficient (Wildman–Crippen LogP) is 6.36. The highest BCUT2D eigenvalue weighted by molar-refractivity contribution is 9.10. The van der Waals surface area contributed by atoms with Gasteiger partial charge in [-0.15, -0.1) is 0 Å². The van der Waals surface area contributed by atoms with Crippen molar-refractivity contribution in [3.8, 4) is 17.0 Å². The molecule has 7 nitrogen and oxygen atoms in total. The third-order valence-electron chi connectivity index (χ3n) is 5.85. The normalized spacial score (nSPS) is 10.9. The molecular formula is C28H23BrClN5O2. The lowest BCUT2D eigenvalue weighted by Gasteiger charge is -2.13. The first kappa shape index (κ1) is 24.8. The Bertz CT molecular complexity index is 1590. The summed E-state index contributed by atoms with van der Waals surface area (Å²) in [6, 6.07) is 24.8. The van der Waals surface area contributed by atoms with E-state index in [0.29, 0.717) is 35.1 Å². The standard InChI is InChI=1S/C28H23BrClN5O2/c1-37-25-12-5-3-10-21(25)28(36)32-16-19-8-6-7-18(13-19)15-31-26-14-24(20-9-2-4-11-23(20)30)34-27-22(29)17-33-35(26)27/h2-14,17,31H,15-16H2,1H3,(H,32,36). The maximum absolute atomic E-state index is 12.7. The largest absolute Gasteiger partial charge is 0.496 e. The van der Waals surface area contributed by atoms with Crippen molar-refractivity contribution < 1.29 is 9.53 Å². The van der Waals surface area contributed by atoms with Crippen LogP contribution >= 0.6 is 27.5 Å². The maximum atomic E-state index is 12.7. The summed E-state index contributed by atoms with van der Waals surface area (Å²) in [7, 11) is 1.55. The van der Waals surface area contributed by atoms with Crippen LogP contribution in [0.2, 0.25) is 5.02 Å². The van der Waals surface area contributed by atoms with Crippen LogP contribution in [0.25, 0.3) is 16.9 Å². The average molecular weight is 577 g/mol. The number of para-hydroxylation sites is 1. The van der Waals surface area contributed by atoms with Gasteiger partial charge in [0.05, 0.1) is 29.0 Å². The third-order valence-corrected chi connectivity index (χ3v) is 6.74. The van der Waals surface area contributed by atoms with Crippen LogP contribution in [0.4, 0.5) is 5.82 Å².